The van der Waals surface area contributed by atoms with Gasteiger partial charge in [0.25, 0.3) is 0 Å². The van der Waals surface area contributed by atoms with Crippen molar-refractivity contribution in [3.63, 3.8) is 0 Å². The minimum Gasteiger partial charge on any atom is -0.0724 e. The molecule has 156 valence electrons. The maximum Gasteiger partial charge on any atom is 0.0808 e. The normalized spacial score (nSPS) is 13.4. The molecule has 0 nitrogen and oxygen atoms in total. The quantitative estimate of drug-likeness (QED) is 0.354. The Kier molecular flexibility index (Phi) is 11.0. The van der Waals surface area contributed by atoms with Crippen molar-refractivity contribution < 1.29 is 0 Å². The maximum absolute atomic E-state index is 2.82. The number of hydrogen-bond acceptors (Lipinski definition) is 0. The predicted octanol–water partition coefficient (Wildman–Crippen LogP) is 5.52. The van der Waals surface area contributed by atoms with Crippen molar-refractivity contribution in [2.75, 3.05) is 0 Å². The smallest absolute Gasteiger partial charge is 0.0724 e. The van der Waals surface area contributed by atoms with E-state index in [1.54, 1.807) is 34.8 Å². The van der Waals surface area contributed by atoms with Gasteiger partial charge in [0.15, 0.2) is 0 Å². The van der Waals surface area contributed by atoms with E-state index in [0.717, 1.165) is 0 Å². The van der Waals surface area contributed by atoms with E-state index < -0.39 is 51.3 Å². The van der Waals surface area contributed by atoms with Gasteiger partial charge in [0.1, 0.15) is 0 Å². The lowest BCUT2D eigenvalue weighted by Gasteiger charge is -2.39. The molecular formula is C21H48Si6. The molecule has 1 aromatic carbocycles. The third kappa shape index (κ3) is 9.25. The molecule has 0 aliphatic heterocycles. The summed E-state index contributed by atoms with van der Waals surface area (Å²) in [6.07, 6.45) is 0. The molecule has 1 aromatic rings. The summed E-state index contributed by atoms with van der Waals surface area (Å²) in [5, 5.41) is 1.83. The van der Waals surface area contributed by atoms with Gasteiger partial charge in [-0.05, 0) is 0 Å². The molecule has 0 aliphatic carbocycles. The second-order valence-corrected chi connectivity index (χ2v) is 36.8. The molecule has 0 radical (unpaired) electrons. The average Bonchev–Trinajstić information content (AvgIpc) is 2.51. The SMILES string of the molecule is C[SiH](C)C[Si](C)(CC[Si](C[SiH](C)C)(C[SiH](C)C)c1ccccc1)C[SiH](C)C. The molecule has 6 heteroatoms. The van der Waals surface area contributed by atoms with Gasteiger partial charge in [0, 0.05) is 43.3 Å². The molecular weight excluding hydrogens is 421 g/mol. The Labute approximate surface area is 180 Å². The van der Waals surface area contributed by atoms with Crippen LogP contribution in [0.1, 0.15) is 0 Å². The van der Waals surface area contributed by atoms with Crippen LogP contribution in [0.2, 0.25) is 93.7 Å². The Morgan fingerprint density at radius 2 is 1.00 bits per heavy atom. The van der Waals surface area contributed by atoms with Crippen LogP contribution in [0.3, 0.4) is 0 Å². The summed E-state index contributed by atoms with van der Waals surface area (Å²) < 4.78 is 0. The highest BCUT2D eigenvalue weighted by molar-refractivity contribution is 7.05. The first-order valence-electron chi connectivity index (χ1n) is 11.5. The molecule has 0 bridgehead atoms. The van der Waals surface area contributed by atoms with E-state index in [2.05, 4.69) is 89.3 Å². The first-order valence-corrected chi connectivity index (χ1v) is 29.8. The van der Waals surface area contributed by atoms with Gasteiger partial charge in [-0.2, -0.15) is 0 Å². The molecule has 0 atom stereocenters. The van der Waals surface area contributed by atoms with Crippen LogP contribution in [0.4, 0.5) is 0 Å². The minimum absolute atomic E-state index is 0.454. The van der Waals surface area contributed by atoms with E-state index in [4.69, 9.17) is 0 Å². The molecule has 0 spiro atoms. The molecule has 0 heterocycles. The van der Waals surface area contributed by atoms with Gasteiger partial charge in [-0.3, -0.25) is 0 Å². The molecule has 0 saturated carbocycles. The fourth-order valence-electron chi connectivity index (χ4n) is 5.82. The van der Waals surface area contributed by atoms with E-state index in [0.29, 0.717) is 0 Å². The largest absolute Gasteiger partial charge is 0.0808 e. The third-order valence-corrected chi connectivity index (χ3v) is 37.9. The van der Waals surface area contributed by atoms with Crippen LogP contribution in [0.5, 0.6) is 0 Å². The molecule has 1 rings (SSSR count). The standard InChI is InChI=1S/C21H48Si6/c1-22(2)17-26(9,18-23(3)4)15-16-27(19-24(5)6,20-25(7)8)21-13-11-10-12-14-21/h10-14,22-25H,15-20H2,1-9H3. The van der Waals surface area contributed by atoms with Crippen LogP contribution in [0.25, 0.3) is 0 Å². The van der Waals surface area contributed by atoms with E-state index in [-0.39, 0.29) is 0 Å². The monoisotopic (exact) mass is 468 g/mol. The van der Waals surface area contributed by atoms with Crippen molar-refractivity contribution in [1.82, 2.24) is 0 Å². The summed E-state index contributed by atoms with van der Waals surface area (Å²) in [5.74, 6) is 0. The van der Waals surface area contributed by atoms with Crippen molar-refractivity contribution in [3.05, 3.63) is 30.3 Å². The lowest BCUT2D eigenvalue weighted by Crippen LogP contribution is -2.53. The van der Waals surface area contributed by atoms with Crippen LogP contribution < -0.4 is 5.19 Å². The van der Waals surface area contributed by atoms with Crippen molar-refractivity contribution >= 4 is 56.5 Å². The Morgan fingerprint density at radius 1 is 0.593 bits per heavy atom. The third-order valence-electron chi connectivity index (χ3n) is 5.99. The zero-order valence-corrected chi connectivity index (χ0v) is 26.6. The van der Waals surface area contributed by atoms with Crippen molar-refractivity contribution in [1.29, 1.82) is 0 Å². The van der Waals surface area contributed by atoms with Gasteiger partial charge in [-0.25, -0.2) is 0 Å². The van der Waals surface area contributed by atoms with Gasteiger partial charge in [0.2, 0.25) is 0 Å². The van der Waals surface area contributed by atoms with Gasteiger partial charge in [-0.15, -0.1) is 0 Å². The summed E-state index contributed by atoms with van der Waals surface area (Å²) in [7, 11) is -4.36. The Balaban J connectivity index is 3.20. The van der Waals surface area contributed by atoms with Gasteiger partial charge >= 0.3 is 0 Å². The zero-order chi connectivity index (χ0) is 20.7. The van der Waals surface area contributed by atoms with Crippen LogP contribution in [0.15, 0.2) is 30.3 Å². The van der Waals surface area contributed by atoms with Crippen molar-refractivity contribution in [2.45, 2.75) is 93.7 Å². The lowest BCUT2D eigenvalue weighted by molar-refractivity contribution is 1.23. The van der Waals surface area contributed by atoms with Crippen LogP contribution in [-0.4, -0.2) is 51.3 Å². The second kappa shape index (κ2) is 11.6. The molecule has 0 amide bonds. The molecule has 0 aliphatic rings. The Bertz CT molecular complexity index is 507. The fraction of sp³-hybridized carbons (Fsp3) is 0.714. The van der Waals surface area contributed by atoms with E-state index in [9.17, 15) is 0 Å². The topological polar surface area (TPSA) is 0 Å². The second-order valence-electron chi connectivity index (χ2n) is 11.3. The van der Waals surface area contributed by atoms with Crippen molar-refractivity contribution in [2.24, 2.45) is 0 Å². The lowest BCUT2D eigenvalue weighted by atomic mass is 10.4. The molecule has 0 aromatic heterocycles. The molecule has 0 fully saturated rings. The molecule has 27 heavy (non-hydrogen) atoms. The molecule has 0 unspecified atom stereocenters. The fourth-order valence-corrected chi connectivity index (χ4v) is 49.1. The summed E-state index contributed by atoms with van der Waals surface area (Å²) in [6.45, 7) is 23.7. The van der Waals surface area contributed by atoms with E-state index in [1.165, 1.54) is 0 Å². The van der Waals surface area contributed by atoms with E-state index >= 15 is 0 Å². The van der Waals surface area contributed by atoms with Gasteiger partial charge < -0.3 is 0 Å². The number of hydrogen-bond donors (Lipinski definition) is 0. The maximum atomic E-state index is 2.82. The first-order chi connectivity index (χ1) is 12.5. The minimum atomic E-state index is -1.32. The average molecular weight is 469 g/mol. The highest BCUT2D eigenvalue weighted by Crippen LogP contribution is 2.33. The highest BCUT2D eigenvalue weighted by atomic mass is 28.4. The Hall–Kier alpha value is 0.521. The molecule has 0 saturated heterocycles. The Morgan fingerprint density at radius 3 is 1.37 bits per heavy atom. The number of rotatable bonds is 12. The number of benzene rings is 1. The summed E-state index contributed by atoms with van der Waals surface area (Å²) in [6, 6.07) is 15.3. The first kappa shape index (κ1) is 25.6. The summed E-state index contributed by atoms with van der Waals surface area (Å²) in [4.78, 5) is 0. The van der Waals surface area contributed by atoms with Crippen LogP contribution >= 0.6 is 0 Å². The van der Waals surface area contributed by atoms with Gasteiger partial charge in [-0.1, -0.05) is 129 Å². The summed E-state index contributed by atoms with van der Waals surface area (Å²) >= 11 is 0. The van der Waals surface area contributed by atoms with Crippen molar-refractivity contribution in [3.8, 4) is 0 Å². The zero-order valence-electron chi connectivity index (χ0n) is 19.9. The summed E-state index contributed by atoms with van der Waals surface area (Å²) in [5.41, 5.74) is 6.72. The molecule has 0 N–H and O–H groups in total. The van der Waals surface area contributed by atoms with Crippen LogP contribution in [0, 0.1) is 0 Å². The van der Waals surface area contributed by atoms with Crippen LogP contribution in [-0.2, 0) is 0 Å². The highest BCUT2D eigenvalue weighted by Gasteiger charge is 2.39. The van der Waals surface area contributed by atoms with E-state index in [1.807, 2.05) is 5.19 Å². The predicted molar refractivity (Wildman–Crippen MR) is 148 cm³/mol. The van der Waals surface area contributed by atoms with Gasteiger partial charge in [0.05, 0.1) is 8.07 Å².